The minimum Gasteiger partial charge on any atom is -0.380 e. The van der Waals surface area contributed by atoms with Gasteiger partial charge in [0.1, 0.15) is 22.1 Å². The van der Waals surface area contributed by atoms with E-state index in [2.05, 4.69) is 26.1 Å². The maximum Gasteiger partial charge on any atom is 0.209 e. The van der Waals surface area contributed by atoms with E-state index < -0.39 is 23.1 Å². The van der Waals surface area contributed by atoms with Gasteiger partial charge in [-0.1, -0.05) is 11.2 Å². The topological polar surface area (TPSA) is 43.7 Å². The smallest absolute Gasteiger partial charge is 0.209 e. The second-order valence-electron chi connectivity index (χ2n) is 5.31. The number of halogens is 4. The highest BCUT2D eigenvalue weighted by Gasteiger charge is 2.44. The van der Waals surface area contributed by atoms with Crippen molar-refractivity contribution in [1.29, 1.82) is 0 Å². The molecule has 1 aliphatic rings. The van der Waals surface area contributed by atoms with E-state index in [4.69, 9.17) is 9.57 Å². The van der Waals surface area contributed by atoms with E-state index >= 15 is 0 Å². The zero-order valence-electron chi connectivity index (χ0n) is 12.5. The first-order valence-electron chi connectivity index (χ1n) is 6.97. The highest BCUT2D eigenvalue weighted by Crippen LogP contribution is 2.41. The summed E-state index contributed by atoms with van der Waals surface area (Å²) < 4.78 is 47.9. The van der Waals surface area contributed by atoms with Gasteiger partial charge < -0.3 is 9.57 Å². The largest absolute Gasteiger partial charge is 0.380 e. The Morgan fingerprint density at radius 2 is 2.00 bits per heavy atom. The Kier molecular flexibility index (Phi) is 4.60. The average Bonchev–Trinajstić information content (AvgIpc) is 2.89. The molecular formula is C16H12BrF3N2O2. The van der Waals surface area contributed by atoms with Crippen molar-refractivity contribution in [2.75, 3.05) is 13.7 Å². The lowest BCUT2D eigenvalue weighted by molar-refractivity contribution is -0.0759. The van der Waals surface area contributed by atoms with E-state index in [9.17, 15) is 13.2 Å². The number of nitrogens with zero attached hydrogens (tertiary/aromatic N) is 2. The maximum atomic E-state index is 14.2. The van der Waals surface area contributed by atoms with Crippen LogP contribution in [0.3, 0.4) is 0 Å². The number of ether oxygens (including phenoxy) is 1. The molecule has 0 aliphatic carbocycles. The monoisotopic (exact) mass is 400 g/mol. The number of methoxy groups -OCH3 is 1. The van der Waals surface area contributed by atoms with E-state index in [0.29, 0.717) is 4.62 Å². The zero-order valence-corrected chi connectivity index (χ0v) is 14.1. The molecule has 0 radical (unpaired) electrons. The lowest BCUT2D eigenvalue weighted by atomic mass is 9.89. The maximum absolute atomic E-state index is 14.2. The van der Waals surface area contributed by atoms with Crippen LogP contribution in [-0.2, 0) is 15.2 Å². The summed E-state index contributed by atoms with van der Waals surface area (Å²) in [6.07, 6.45) is 1.20. The summed E-state index contributed by atoms with van der Waals surface area (Å²) in [6, 6.07) is 4.45. The molecule has 2 aromatic rings. The minimum absolute atomic E-state index is 0.0211. The molecule has 0 saturated heterocycles. The predicted octanol–water partition coefficient (Wildman–Crippen LogP) is 4.14. The van der Waals surface area contributed by atoms with Crippen LogP contribution in [0.4, 0.5) is 13.2 Å². The van der Waals surface area contributed by atoms with Crippen LogP contribution in [0, 0.1) is 17.5 Å². The predicted molar refractivity (Wildman–Crippen MR) is 85.2 cm³/mol. The van der Waals surface area contributed by atoms with Crippen molar-refractivity contribution in [1.82, 2.24) is 4.98 Å². The third-order valence-electron chi connectivity index (χ3n) is 3.65. The van der Waals surface area contributed by atoms with Crippen molar-refractivity contribution in [2.24, 2.45) is 5.16 Å². The Morgan fingerprint density at radius 3 is 2.58 bits per heavy atom. The second-order valence-corrected chi connectivity index (χ2v) is 6.22. The molecule has 8 heteroatoms. The van der Waals surface area contributed by atoms with Crippen molar-refractivity contribution in [2.45, 2.75) is 12.0 Å². The fourth-order valence-electron chi connectivity index (χ4n) is 2.69. The molecular weight excluding hydrogens is 389 g/mol. The molecule has 3 rings (SSSR count). The first-order chi connectivity index (χ1) is 11.5. The lowest BCUT2D eigenvalue weighted by Gasteiger charge is -2.27. The van der Waals surface area contributed by atoms with Gasteiger partial charge in [0, 0.05) is 12.7 Å². The molecule has 126 valence electrons. The summed E-state index contributed by atoms with van der Waals surface area (Å²) in [5.41, 5.74) is -1.47. The zero-order chi connectivity index (χ0) is 17.3. The van der Waals surface area contributed by atoms with Crippen LogP contribution >= 0.6 is 15.9 Å². The van der Waals surface area contributed by atoms with Gasteiger partial charge in [-0.3, -0.25) is 4.98 Å². The average molecular weight is 401 g/mol. The van der Waals surface area contributed by atoms with Crippen LogP contribution < -0.4 is 0 Å². The van der Waals surface area contributed by atoms with Crippen molar-refractivity contribution < 1.29 is 22.7 Å². The summed E-state index contributed by atoms with van der Waals surface area (Å²) in [5.74, 6) is -2.37. The molecule has 1 aromatic carbocycles. The van der Waals surface area contributed by atoms with Gasteiger partial charge in [-0.15, -0.1) is 0 Å². The van der Waals surface area contributed by atoms with Crippen LogP contribution in [0.25, 0.3) is 11.1 Å². The molecule has 1 atom stereocenters. The molecule has 4 nitrogen and oxygen atoms in total. The van der Waals surface area contributed by atoms with E-state index in [0.717, 1.165) is 24.4 Å². The number of hydrogen-bond acceptors (Lipinski definition) is 4. The number of aromatic nitrogens is 1. The Balaban J connectivity index is 2.23. The van der Waals surface area contributed by atoms with Gasteiger partial charge in [0.25, 0.3) is 0 Å². The Hall–Kier alpha value is -1.93. The molecule has 1 aliphatic heterocycles. The minimum atomic E-state index is -1.20. The van der Waals surface area contributed by atoms with Crippen LogP contribution in [0.15, 0.2) is 35.6 Å². The van der Waals surface area contributed by atoms with Crippen molar-refractivity contribution in [3.05, 3.63) is 53.6 Å². The van der Waals surface area contributed by atoms with E-state index in [-0.39, 0.29) is 29.8 Å². The number of hydrogen-bond donors (Lipinski definition) is 0. The van der Waals surface area contributed by atoms with Crippen molar-refractivity contribution in [3.8, 4) is 11.1 Å². The van der Waals surface area contributed by atoms with Crippen LogP contribution in [0.2, 0.25) is 0 Å². The number of benzene rings is 1. The summed E-state index contributed by atoms with van der Waals surface area (Å²) in [7, 11) is 1.45. The van der Waals surface area contributed by atoms with Gasteiger partial charge in [0.2, 0.25) is 5.60 Å². The summed E-state index contributed by atoms with van der Waals surface area (Å²) >= 11 is 3.22. The molecule has 0 fully saturated rings. The number of pyridine rings is 1. The first kappa shape index (κ1) is 16.9. The third kappa shape index (κ3) is 2.91. The third-order valence-corrected chi connectivity index (χ3v) is 4.07. The molecule has 0 amide bonds. The van der Waals surface area contributed by atoms with Gasteiger partial charge in [-0.25, -0.2) is 13.2 Å². The second kappa shape index (κ2) is 6.52. The van der Waals surface area contributed by atoms with Gasteiger partial charge in [-0.05, 0) is 34.1 Å². The van der Waals surface area contributed by atoms with E-state index in [1.807, 2.05) is 0 Å². The summed E-state index contributed by atoms with van der Waals surface area (Å²) in [6.45, 7) is 0.0211. The Morgan fingerprint density at radius 1 is 1.29 bits per heavy atom. The fourth-order valence-corrected chi connectivity index (χ4v) is 3.22. The molecule has 1 aromatic heterocycles. The molecule has 2 heterocycles. The van der Waals surface area contributed by atoms with Crippen LogP contribution in [0.5, 0.6) is 0 Å². The molecule has 1 unspecified atom stereocenters. The van der Waals surface area contributed by atoms with Crippen LogP contribution in [0.1, 0.15) is 12.1 Å². The summed E-state index contributed by atoms with van der Waals surface area (Å²) in [5, 5.41) is 3.82. The Labute approximate surface area is 144 Å². The Bertz CT molecular complexity index is 796. The quantitative estimate of drug-likeness (QED) is 0.774. The highest BCUT2D eigenvalue weighted by molar-refractivity contribution is 9.18. The van der Waals surface area contributed by atoms with Crippen LogP contribution in [-0.4, -0.2) is 23.3 Å². The molecule has 0 saturated carbocycles. The molecule has 24 heavy (non-hydrogen) atoms. The standard InChI is InChI=1S/C16H12BrF3N2O2/c1-23-8-16(6-13(17)22-24-16)15-10(5-9(18)7-21-15)14-11(19)3-2-4-12(14)20/h2-5,7H,6,8H2,1H3. The van der Waals surface area contributed by atoms with Crippen molar-refractivity contribution >= 4 is 20.6 Å². The normalized spacial score (nSPS) is 20.0. The fraction of sp³-hybridized carbons (Fsp3) is 0.250. The number of rotatable bonds is 4. The van der Waals surface area contributed by atoms with Gasteiger partial charge in [-0.2, -0.15) is 0 Å². The number of oxime groups is 1. The highest BCUT2D eigenvalue weighted by atomic mass is 79.9. The van der Waals surface area contributed by atoms with E-state index in [1.54, 1.807) is 0 Å². The lowest BCUT2D eigenvalue weighted by Crippen LogP contribution is -2.33. The van der Waals surface area contributed by atoms with E-state index in [1.165, 1.54) is 13.2 Å². The molecule has 0 bridgehead atoms. The van der Waals surface area contributed by atoms with Gasteiger partial charge in [0.15, 0.2) is 0 Å². The van der Waals surface area contributed by atoms with Gasteiger partial charge >= 0.3 is 0 Å². The molecule has 0 spiro atoms. The van der Waals surface area contributed by atoms with Crippen molar-refractivity contribution in [3.63, 3.8) is 0 Å². The SMILES string of the molecule is COCC1(c2ncc(F)cc2-c2c(F)cccc2F)CC(Br)=NO1. The summed E-state index contributed by atoms with van der Waals surface area (Å²) in [4.78, 5) is 9.48. The molecule has 0 N–H and O–H groups in total. The van der Waals surface area contributed by atoms with Gasteiger partial charge in [0.05, 0.1) is 30.5 Å². The first-order valence-corrected chi connectivity index (χ1v) is 7.76.